The summed E-state index contributed by atoms with van der Waals surface area (Å²) >= 11 is 0. The minimum atomic E-state index is -5.53. The number of halogens is 11. The van der Waals surface area contributed by atoms with Gasteiger partial charge < -0.3 is 9.47 Å². The van der Waals surface area contributed by atoms with E-state index in [1.807, 2.05) is 6.07 Å². The Labute approximate surface area is 236 Å². The van der Waals surface area contributed by atoms with E-state index in [2.05, 4.69) is 16.4 Å². The molecule has 5 rings (SSSR count). The molecule has 0 amide bonds. The monoisotopic (exact) mass is 618 g/mol. The van der Waals surface area contributed by atoms with Crippen molar-refractivity contribution < 1.29 is 57.8 Å². The molecule has 1 aliphatic carbocycles. The molecule has 1 aliphatic rings. The van der Waals surface area contributed by atoms with Crippen LogP contribution in [-0.2, 0) is 19.0 Å². The van der Waals surface area contributed by atoms with Crippen molar-refractivity contribution in [3.8, 4) is 33.8 Å². The first kappa shape index (κ1) is 30.2. The van der Waals surface area contributed by atoms with Gasteiger partial charge in [-0.25, -0.2) is 26.3 Å². The smallest absolute Gasteiger partial charge is 0.429 e. The van der Waals surface area contributed by atoms with E-state index in [1.54, 1.807) is 12.1 Å². The minimum Gasteiger partial charge on any atom is -0.429 e. The third-order valence-electron chi connectivity index (χ3n) is 6.78. The molecular formula is C30H17F11O2. The molecule has 0 aromatic heterocycles. The van der Waals surface area contributed by atoms with Crippen LogP contribution in [0.2, 0.25) is 0 Å². The van der Waals surface area contributed by atoms with Crippen LogP contribution in [0.25, 0.3) is 22.3 Å². The largest absolute Gasteiger partial charge is 0.573 e. The van der Waals surface area contributed by atoms with Crippen LogP contribution in [0, 0.1) is 40.8 Å². The first-order chi connectivity index (χ1) is 20.0. The van der Waals surface area contributed by atoms with Crippen molar-refractivity contribution in [2.75, 3.05) is 0 Å². The van der Waals surface area contributed by atoms with E-state index in [9.17, 15) is 39.5 Å². The quantitative estimate of drug-likeness (QED) is 0.201. The molecular weight excluding hydrogens is 601 g/mol. The molecule has 0 N–H and O–H groups in total. The van der Waals surface area contributed by atoms with Gasteiger partial charge in [0, 0.05) is 12.1 Å². The van der Waals surface area contributed by atoms with Crippen molar-refractivity contribution in [1.82, 2.24) is 0 Å². The molecule has 0 heterocycles. The number of ether oxygens (including phenoxy) is 2. The van der Waals surface area contributed by atoms with Crippen molar-refractivity contribution in [2.45, 2.75) is 32.2 Å². The van der Waals surface area contributed by atoms with Gasteiger partial charge in [0.05, 0.1) is 5.56 Å². The zero-order valence-corrected chi connectivity index (χ0v) is 21.7. The lowest BCUT2D eigenvalue weighted by Crippen LogP contribution is -2.25. The highest BCUT2D eigenvalue weighted by atomic mass is 19.4. The van der Waals surface area contributed by atoms with E-state index in [0.29, 0.717) is 11.5 Å². The van der Waals surface area contributed by atoms with E-state index in [1.165, 1.54) is 0 Å². The van der Waals surface area contributed by atoms with Crippen molar-refractivity contribution in [1.29, 1.82) is 0 Å². The second-order valence-electron chi connectivity index (χ2n) is 10.0. The molecule has 0 saturated heterocycles. The van der Waals surface area contributed by atoms with Crippen LogP contribution in [-0.4, -0.2) is 6.36 Å². The lowest BCUT2D eigenvalue weighted by atomic mass is 9.96. The maximum absolute atomic E-state index is 15.1. The van der Waals surface area contributed by atoms with Gasteiger partial charge in [0.2, 0.25) is 5.75 Å². The first-order valence-corrected chi connectivity index (χ1v) is 12.4. The van der Waals surface area contributed by atoms with Gasteiger partial charge in [-0.2, -0.15) is 8.78 Å². The van der Waals surface area contributed by atoms with Crippen molar-refractivity contribution in [3.05, 3.63) is 106 Å². The highest BCUT2D eigenvalue weighted by Gasteiger charge is 2.42. The average molecular weight is 618 g/mol. The third-order valence-corrected chi connectivity index (χ3v) is 6.78. The van der Waals surface area contributed by atoms with Gasteiger partial charge in [-0.1, -0.05) is 25.1 Å². The Hall–Kier alpha value is -4.29. The van der Waals surface area contributed by atoms with Gasteiger partial charge in [0.1, 0.15) is 34.6 Å². The van der Waals surface area contributed by atoms with Crippen LogP contribution in [0.3, 0.4) is 0 Å². The molecule has 1 atom stereocenters. The normalized spacial score (nSPS) is 15.0. The number of hydrogen-bond acceptors (Lipinski definition) is 2. The highest BCUT2D eigenvalue weighted by Crippen LogP contribution is 2.41. The summed E-state index contributed by atoms with van der Waals surface area (Å²) in [5, 5.41) is 0. The number of alkyl halides is 5. The summed E-state index contributed by atoms with van der Waals surface area (Å²) in [6, 6.07) is 7.31. The third kappa shape index (κ3) is 6.11. The molecule has 13 heteroatoms. The van der Waals surface area contributed by atoms with Gasteiger partial charge in [-0.15, -0.1) is 13.2 Å². The summed E-state index contributed by atoms with van der Waals surface area (Å²) < 4.78 is 161. The fourth-order valence-corrected chi connectivity index (χ4v) is 5.04. The van der Waals surface area contributed by atoms with Gasteiger partial charge in [0.15, 0.2) is 11.6 Å². The van der Waals surface area contributed by atoms with Crippen molar-refractivity contribution in [3.63, 3.8) is 0 Å². The van der Waals surface area contributed by atoms with Crippen LogP contribution < -0.4 is 9.47 Å². The second kappa shape index (κ2) is 10.8. The lowest BCUT2D eigenvalue weighted by molar-refractivity contribution is -0.276. The topological polar surface area (TPSA) is 18.5 Å². The van der Waals surface area contributed by atoms with E-state index in [-0.39, 0.29) is 29.8 Å². The van der Waals surface area contributed by atoms with Crippen LogP contribution in [0.5, 0.6) is 11.5 Å². The predicted molar refractivity (Wildman–Crippen MR) is 131 cm³/mol. The molecule has 0 saturated carbocycles. The summed E-state index contributed by atoms with van der Waals surface area (Å²) in [7, 11) is 0. The fraction of sp³-hybridized carbons (Fsp3) is 0.200. The van der Waals surface area contributed by atoms with Crippen LogP contribution in [0.15, 0.2) is 54.6 Å². The number of rotatable bonds is 6. The first-order valence-electron chi connectivity index (χ1n) is 12.4. The molecule has 1 unspecified atom stereocenters. The summed E-state index contributed by atoms with van der Waals surface area (Å²) in [5.74, 6) is -13.8. The Kier molecular flexibility index (Phi) is 7.55. The molecule has 4 aromatic carbocycles. The zero-order valence-electron chi connectivity index (χ0n) is 21.7. The summed E-state index contributed by atoms with van der Waals surface area (Å²) in [5.41, 5.74) is -1.05. The van der Waals surface area contributed by atoms with E-state index in [0.717, 1.165) is 36.1 Å². The van der Waals surface area contributed by atoms with Crippen molar-refractivity contribution in [2.24, 2.45) is 5.92 Å². The Balaban J connectivity index is 1.45. The van der Waals surface area contributed by atoms with Crippen LogP contribution in [0.1, 0.15) is 23.6 Å². The highest BCUT2D eigenvalue weighted by molar-refractivity contribution is 5.73. The molecule has 0 bridgehead atoms. The second-order valence-corrected chi connectivity index (χ2v) is 10.0. The molecule has 0 aliphatic heterocycles. The van der Waals surface area contributed by atoms with Gasteiger partial charge in [-0.3, -0.25) is 0 Å². The zero-order chi connectivity index (χ0) is 31.4. The molecule has 0 spiro atoms. The lowest BCUT2D eigenvalue weighted by Gasteiger charge is -2.21. The van der Waals surface area contributed by atoms with Crippen LogP contribution in [0.4, 0.5) is 48.3 Å². The van der Waals surface area contributed by atoms with Gasteiger partial charge in [0.25, 0.3) is 0 Å². The number of benzene rings is 4. The molecule has 4 aromatic rings. The molecule has 226 valence electrons. The average Bonchev–Trinajstić information content (AvgIpc) is 3.23. The van der Waals surface area contributed by atoms with E-state index < -0.39 is 75.6 Å². The molecule has 0 fully saturated rings. The summed E-state index contributed by atoms with van der Waals surface area (Å²) in [6.07, 6.45) is -8.87. The summed E-state index contributed by atoms with van der Waals surface area (Å²) in [6.45, 7) is 2.06. The number of fused-ring (bicyclic) bond motifs is 1. The standard InChI is InChI=1S/C30H17F11O2/c1-13-4-14-2-3-15(6-16(14)5-13)17-7-20(31)26(21(32)8-17)18-9-22(33)27(23(34)10-18)29(37,38)42-19-11-24(35)28(25(36)12-19)43-30(39,40)41/h2-3,6-13H,4-5H2,1H3. The maximum atomic E-state index is 15.1. The van der Waals surface area contributed by atoms with Gasteiger partial charge >= 0.3 is 12.5 Å². The SMILES string of the molecule is CC1Cc2ccc(-c3cc(F)c(-c4cc(F)c(C(F)(F)Oc5cc(F)c(OC(F)(F)F)c(F)c5)c(F)c4)c(F)c3)cc2C1. The molecule has 2 nitrogen and oxygen atoms in total. The predicted octanol–water partition coefficient (Wildman–Crippen LogP) is 9.62. The Morgan fingerprint density at radius 3 is 1.67 bits per heavy atom. The van der Waals surface area contributed by atoms with E-state index in [4.69, 9.17) is 0 Å². The number of hydrogen-bond donors (Lipinski definition) is 0. The van der Waals surface area contributed by atoms with Gasteiger partial charge in [-0.05, 0) is 70.8 Å². The molecule has 43 heavy (non-hydrogen) atoms. The Bertz CT molecular complexity index is 1660. The fourth-order valence-electron chi connectivity index (χ4n) is 5.04. The Morgan fingerprint density at radius 1 is 0.581 bits per heavy atom. The van der Waals surface area contributed by atoms with Crippen LogP contribution >= 0.6 is 0 Å². The van der Waals surface area contributed by atoms with Crippen molar-refractivity contribution >= 4 is 0 Å². The maximum Gasteiger partial charge on any atom is 0.573 e. The minimum absolute atomic E-state index is 0.129. The Morgan fingerprint density at radius 2 is 1.12 bits per heavy atom. The van der Waals surface area contributed by atoms with E-state index >= 15 is 8.78 Å². The molecule has 0 radical (unpaired) electrons. The summed E-state index contributed by atoms with van der Waals surface area (Å²) in [4.78, 5) is 0.